The molecule has 6 heteroatoms. The number of carboxylic acid groups (broad SMARTS) is 1. The van der Waals surface area contributed by atoms with E-state index in [1.54, 1.807) is 36.5 Å². The first kappa shape index (κ1) is 18.6. The van der Waals surface area contributed by atoms with E-state index in [0.29, 0.717) is 16.1 Å². The summed E-state index contributed by atoms with van der Waals surface area (Å²) in [5.41, 5.74) is 2.64. The summed E-state index contributed by atoms with van der Waals surface area (Å²) in [5.74, 6) is -1.44. The largest absolute Gasteiger partial charge is 0.481 e. The molecule has 27 heavy (non-hydrogen) atoms. The smallest absolute Gasteiger partial charge is 0.305 e. The summed E-state index contributed by atoms with van der Waals surface area (Å²) in [6.07, 6.45) is 2.85. The summed E-state index contributed by atoms with van der Waals surface area (Å²) >= 11 is 6.18. The van der Waals surface area contributed by atoms with Crippen molar-refractivity contribution in [3.8, 4) is 11.1 Å². The lowest BCUT2D eigenvalue weighted by molar-refractivity contribution is -0.137. The van der Waals surface area contributed by atoms with Gasteiger partial charge in [-0.2, -0.15) is 0 Å². The highest BCUT2D eigenvalue weighted by atomic mass is 35.5. The molecule has 1 amide bonds. The quantitative estimate of drug-likeness (QED) is 0.666. The fourth-order valence-corrected chi connectivity index (χ4v) is 3.03. The average molecular weight is 381 g/mol. The van der Waals surface area contributed by atoms with Crippen LogP contribution in [0.2, 0.25) is 5.02 Å². The van der Waals surface area contributed by atoms with Crippen molar-refractivity contribution in [2.45, 2.75) is 12.5 Å². The number of nitrogens with one attached hydrogen (secondary N) is 1. The van der Waals surface area contributed by atoms with Crippen LogP contribution in [0.5, 0.6) is 0 Å². The molecule has 2 N–H and O–H groups in total. The van der Waals surface area contributed by atoms with E-state index in [0.717, 1.165) is 11.1 Å². The number of halogens is 1. The molecule has 1 heterocycles. The first-order valence-electron chi connectivity index (χ1n) is 8.32. The Morgan fingerprint density at radius 2 is 1.70 bits per heavy atom. The molecule has 2 aromatic carbocycles. The van der Waals surface area contributed by atoms with E-state index in [1.165, 1.54) is 6.20 Å². The number of carboxylic acids is 1. The number of aliphatic carboxylic acids is 1. The highest BCUT2D eigenvalue weighted by Crippen LogP contribution is 2.26. The lowest BCUT2D eigenvalue weighted by atomic mass is 10.0. The highest BCUT2D eigenvalue weighted by molar-refractivity contribution is 6.31. The zero-order valence-electron chi connectivity index (χ0n) is 14.3. The number of aromatic nitrogens is 1. The van der Waals surface area contributed by atoms with Gasteiger partial charge in [-0.3, -0.25) is 14.6 Å². The van der Waals surface area contributed by atoms with Crippen molar-refractivity contribution in [3.05, 3.63) is 89.2 Å². The molecule has 0 radical (unpaired) electrons. The second-order valence-corrected chi connectivity index (χ2v) is 6.38. The molecule has 3 aromatic rings. The number of carbonyl (C=O) groups is 2. The van der Waals surface area contributed by atoms with Crippen LogP contribution < -0.4 is 5.32 Å². The summed E-state index contributed by atoms with van der Waals surface area (Å²) in [7, 11) is 0. The van der Waals surface area contributed by atoms with Gasteiger partial charge in [0.2, 0.25) is 0 Å². The van der Waals surface area contributed by atoms with Crippen molar-refractivity contribution in [2.24, 2.45) is 0 Å². The Hall–Kier alpha value is -3.18. The highest BCUT2D eigenvalue weighted by Gasteiger charge is 2.21. The van der Waals surface area contributed by atoms with E-state index in [4.69, 9.17) is 11.6 Å². The minimum atomic E-state index is -1.03. The van der Waals surface area contributed by atoms with Crippen LogP contribution in [0.25, 0.3) is 11.1 Å². The van der Waals surface area contributed by atoms with Gasteiger partial charge in [0.05, 0.1) is 18.0 Å². The van der Waals surface area contributed by atoms with Crippen LogP contribution in [0, 0.1) is 0 Å². The van der Waals surface area contributed by atoms with Crippen LogP contribution in [0.4, 0.5) is 0 Å². The molecular formula is C21H17ClN2O3. The van der Waals surface area contributed by atoms with Gasteiger partial charge in [0.25, 0.3) is 5.91 Å². The maximum atomic E-state index is 12.7. The van der Waals surface area contributed by atoms with E-state index >= 15 is 0 Å². The number of carbonyl (C=O) groups excluding carboxylic acids is 1. The van der Waals surface area contributed by atoms with Crippen molar-refractivity contribution in [2.75, 3.05) is 0 Å². The number of hydrogen-bond donors (Lipinski definition) is 2. The predicted octanol–water partition coefficient (Wildman–Crippen LogP) is 4.35. The van der Waals surface area contributed by atoms with Crippen LogP contribution in [0.3, 0.4) is 0 Å². The molecule has 1 unspecified atom stereocenters. The van der Waals surface area contributed by atoms with Gasteiger partial charge >= 0.3 is 5.97 Å². The van der Waals surface area contributed by atoms with E-state index in [2.05, 4.69) is 10.3 Å². The zero-order valence-corrected chi connectivity index (χ0v) is 15.1. The van der Waals surface area contributed by atoms with Crippen molar-refractivity contribution in [1.82, 2.24) is 10.3 Å². The van der Waals surface area contributed by atoms with Gasteiger partial charge in [-0.15, -0.1) is 0 Å². The standard InChI is InChI=1S/C21H17ClN2O3/c22-18-9-5-4-8-17(18)19(11-20(25)26)24-21(27)16-10-15(12-23-13-16)14-6-2-1-3-7-14/h1-10,12-13,19H,11H2,(H,24,27)(H,25,26). The summed E-state index contributed by atoms with van der Waals surface area (Å²) < 4.78 is 0. The zero-order chi connectivity index (χ0) is 19.2. The van der Waals surface area contributed by atoms with Crippen LogP contribution in [-0.4, -0.2) is 22.0 Å². The normalized spacial score (nSPS) is 11.6. The van der Waals surface area contributed by atoms with Gasteiger partial charge in [0, 0.05) is 23.0 Å². The molecule has 1 aromatic heterocycles. The topological polar surface area (TPSA) is 79.3 Å². The van der Waals surface area contributed by atoms with E-state index in [9.17, 15) is 14.7 Å². The van der Waals surface area contributed by atoms with Gasteiger partial charge in [-0.1, -0.05) is 60.1 Å². The molecule has 136 valence electrons. The number of rotatable bonds is 6. The molecule has 0 aliphatic heterocycles. The predicted molar refractivity (Wildman–Crippen MR) is 104 cm³/mol. The molecule has 0 bridgehead atoms. The van der Waals surface area contributed by atoms with Crippen LogP contribution in [-0.2, 0) is 4.79 Å². The summed E-state index contributed by atoms with van der Waals surface area (Å²) in [6, 6.07) is 17.4. The Morgan fingerprint density at radius 3 is 2.41 bits per heavy atom. The van der Waals surface area contributed by atoms with Crippen LogP contribution >= 0.6 is 11.6 Å². The molecular weight excluding hydrogens is 364 g/mol. The molecule has 0 fully saturated rings. The minimum absolute atomic E-state index is 0.277. The van der Waals surface area contributed by atoms with E-state index in [1.807, 2.05) is 30.3 Å². The third kappa shape index (κ3) is 4.71. The van der Waals surface area contributed by atoms with Gasteiger partial charge in [-0.05, 0) is 23.3 Å². The second-order valence-electron chi connectivity index (χ2n) is 5.97. The lowest BCUT2D eigenvalue weighted by Crippen LogP contribution is -2.30. The van der Waals surface area contributed by atoms with E-state index < -0.39 is 17.9 Å². The number of hydrogen-bond acceptors (Lipinski definition) is 3. The molecule has 3 rings (SSSR count). The Balaban J connectivity index is 1.86. The third-order valence-corrected chi connectivity index (χ3v) is 4.42. The summed E-state index contributed by atoms with van der Waals surface area (Å²) in [5, 5.41) is 12.4. The fraction of sp³-hybridized carbons (Fsp3) is 0.0952. The molecule has 1 atom stereocenters. The molecule has 0 saturated carbocycles. The molecule has 5 nitrogen and oxygen atoms in total. The first-order valence-corrected chi connectivity index (χ1v) is 8.70. The number of nitrogens with zero attached hydrogens (tertiary/aromatic N) is 1. The van der Waals surface area contributed by atoms with Gasteiger partial charge in [0.1, 0.15) is 0 Å². The first-order chi connectivity index (χ1) is 13.0. The van der Waals surface area contributed by atoms with Crippen molar-refractivity contribution < 1.29 is 14.7 Å². The fourth-order valence-electron chi connectivity index (χ4n) is 2.77. The third-order valence-electron chi connectivity index (χ3n) is 4.07. The Kier molecular flexibility index (Phi) is 5.84. The molecule has 0 aliphatic carbocycles. The van der Waals surface area contributed by atoms with Crippen molar-refractivity contribution in [1.29, 1.82) is 0 Å². The molecule has 0 spiro atoms. The molecule has 0 saturated heterocycles. The Bertz CT molecular complexity index is 960. The maximum Gasteiger partial charge on any atom is 0.305 e. The van der Waals surface area contributed by atoms with Gasteiger partial charge in [0.15, 0.2) is 0 Å². The maximum absolute atomic E-state index is 12.7. The van der Waals surface area contributed by atoms with Crippen molar-refractivity contribution in [3.63, 3.8) is 0 Å². The Labute approximate surface area is 161 Å². The van der Waals surface area contributed by atoms with E-state index in [-0.39, 0.29) is 6.42 Å². The number of benzene rings is 2. The second kappa shape index (κ2) is 8.47. The summed E-state index contributed by atoms with van der Waals surface area (Å²) in [6.45, 7) is 0. The van der Waals surface area contributed by atoms with Crippen molar-refractivity contribution >= 4 is 23.5 Å². The SMILES string of the molecule is O=C(O)CC(NC(=O)c1cncc(-c2ccccc2)c1)c1ccccc1Cl. The summed E-state index contributed by atoms with van der Waals surface area (Å²) in [4.78, 5) is 28.1. The van der Waals surface area contributed by atoms with Crippen LogP contribution in [0.1, 0.15) is 28.4 Å². The number of pyridine rings is 1. The van der Waals surface area contributed by atoms with Gasteiger partial charge < -0.3 is 10.4 Å². The van der Waals surface area contributed by atoms with Gasteiger partial charge in [-0.25, -0.2) is 0 Å². The lowest BCUT2D eigenvalue weighted by Gasteiger charge is -2.19. The number of amides is 1. The molecule has 0 aliphatic rings. The average Bonchev–Trinajstić information content (AvgIpc) is 2.68. The monoisotopic (exact) mass is 380 g/mol. The van der Waals surface area contributed by atoms with Crippen LogP contribution in [0.15, 0.2) is 73.1 Å². The minimum Gasteiger partial charge on any atom is -0.481 e. The Morgan fingerprint density at radius 1 is 1.00 bits per heavy atom.